The summed E-state index contributed by atoms with van der Waals surface area (Å²) in [6.07, 6.45) is 1.59. The maximum Gasteiger partial charge on any atom is 0.338 e. The minimum atomic E-state index is -0.773. The predicted molar refractivity (Wildman–Crippen MR) is 100 cm³/mol. The number of nitrogens with one attached hydrogen (secondary N) is 1. The molecule has 1 N–H and O–H groups in total. The van der Waals surface area contributed by atoms with Crippen LogP contribution in [-0.2, 0) is 16.0 Å². The molecule has 1 amide bonds. The van der Waals surface area contributed by atoms with E-state index >= 15 is 0 Å². The van der Waals surface area contributed by atoms with Gasteiger partial charge in [0.15, 0.2) is 6.61 Å². The summed E-state index contributed by atoms with van der Waals surface area (Å²) in [7, 11) is 0. The molecule has 7 nitrogen and oxygen atoms in total. The zero-order chi connectivity index (χ0) is 19.8. The van der Waals surface area contributed by atoms with Crippen LogP contribution in [0.15, 0.2) is 48.5 Å². The van der Waals surface area contributed by atoms with Crippen molar-refractivity contribution in [3.63, 3.8) is 0 Å². The number of nitrogens with zero attached hydrogens (tertiary/aromatic N) is 1. The molecule has 0 saturated carbocycles. The van der Waals surface area contributed by atoms with Crippen LogP contribution in [0.25, 0.3) is 0 Å². The van der Waals surface area contributed by atoms with Crippen LogP contribution >= 0.6 is 0 Å². The Bertz CT molecular complexity index is 820. The first kappa shape index (κ1) is 20.1. The van der Waals surface area contributed by atoms with Crippen LogP contribution < -0.4 is 5.32 Å². The van der Waals surface area contributed by atoms with Crippen molar-refractivity contribution in [2.45, 2.75) is 32.7 Å². The van der Waals surface area contributed by atoms with E-state index in [0.29, 0.717) is 5.56 Å². The monoisotopic (exact) mass is 370 g/mol. The third-order valence-electron chi connectivity index (χ3n) is 4.09. The number of amides is 1. The van der Waals surface area contributed by atoms with Gasteiger partial charge in [-0.3, -0.25) is 14.9 Å². The SMILES string of the molecule is Cc1ccc(C(=O)OCC(=O)N[C@H](C)CCc2ccccc2)cc1[N+](=O)[O-]. The fraction of sp³-hybridized carbons (Fsp3) is 0.300. The molecule has 0 saturated heterocycles. The van der Waals surface area contributed by atoms with Gasteiger partial charge in [0.25, 0.3) is 11.6 Å². The van der Waals surface area contributed by atoms with Gasteiger partial charge in [-0.2, -0.15) is 0 Å². The summed E-state index contributed by atoms with van der Waals surface area (Å²) in [6, 6.07) is 13.9. The van der Waals surface area contributed by atoms with Gasteiger partial charge in [0.1, 0.15) is 0 Å². The molecule has 0 aromatic heterocycles. The maximum atomic E-state index is 12.0. The highest BCUT2D eigenvalue weighted by Gasteiger charge is 2.17. The summed E-state index contributed by atoms with van der Waals surface area (Å²) in [6.45, 7) is 3.03. The predicted octanol–water partition coefficient (Wildman–Crippen LogP) is 3.20. The molecule has 0 fully saturated rings. The Kier molecular flexibility index (Phi) is 7.05. The molecule has 0 heterocycles. The number of nitro groups is 1. The summed E-state index contributed by atoms with van der Waals surface area (Å²) < 4.78 is 4.95. The van der Waals surface area contributed by atoms with Gasteiger partial charge < -0.3 is 10.1 Å². The van der Waals surface area contributed by atoms with E-state index in [2.05, 4.69) is 5.32 Å². The Balaban J connectivity index is 1.80. The Morgan fingerprint density at radius 2 is 1.89 bits per heavy atom. The summed E-state index contributed by atoms with van der Waals surface area (Å²) in [5.41, 5.74) is 1.51. The van der Waals surface area contributed by atoms with Crippen LogP contribution in [0.5, 0.6) is 0 Å². The molecule has 142 valence electrons. The summed E-state index contributed by atoms with van der Waals surface area (Å²) >= 11 is 0. The number of esters is 1. The lowest BCUT2D eigenvalue weighted by Crippen LogP contribution is -2.36. The quantitative estimate of drug-likeness (QED) is 0.437. The molecule has 0 bridgehead atoms. The number of carbonyl (C=O) groups excluding carboxylic acids is 2. The van der Waals surface area contributed by atoms with E-state index in [1.807, 2.05) is 37.3 Å². The van der Waals surface area contributed by atoms with Crippen molar-refractivity contribution in [1.82, 2.24) is 5.32 Å². The van der Waals surface area contributed by atoms with E-state index in [1.165, 1.54) is 17.7 Å². The van der Waals surface area contributed by atoms with Crippen molar-refractivity contribution in [2.75, 3.05) is 6.61 Å². The molecule has 27 heavy (non-hydrogen) atoms. The van der Waals surface area contributed by atoms with Gasteiger partial charge in [0.05, 0.1) is 10.5 Å². The number of hydrogen-bond donors (Lipinski definition) is 1. The molecule has 1 atom stereocenters. The molecule has 0 aliphatic carbocycles. The van der Waals surface area contributed by atoms with Gasteiger partial charge in [-0.05, 0) is 38.3 Å². The number of rotatable bonds is 8. The molecule has 2 aromatic rings. The lowest BCUT2D eigenvalue weighted by atomic mass is 10.1. The average Bonchev–Trinajstić information content (AvgIpc) is 2.65. The largest absolute Gasteiger partial charge is 0.452 e. The third kappa shape index (κ3) is 6.22. The highest BCUT2D eigenvalue weighted by molar-refractivity contribution is 5.92. The standard InChI is InChI=1S/C20H22N2O5/c1-14-8-11-17(12-18(14)22(25)26)20(24)27-13-19(23)21-15(2)9-10-16-6-4-3-5-7-16/h3-8,11-12,15H,9-10,13H2,1-2H3,(H,21,23)/t15-/m1/s1. The highest BCUT2D eigenvalue weighted by Crippen LogP contribution is 2.19. The fourth-order valence-corrected chi connectivity index (χ4v) is 2.56. The average molecular weight is 370 g/mol. The van der Waals surface area contributed by atoms with E-state index in [1.54, 1.807) is 6.92 Å². The zero-order valence-corrected chi connectivity index (χ0v) is 15.3. The number of benzene rings is 2. The minimum Gasteiger partial charge on any atom is -0.452 e. The second-order valence-electron chi connectivity index (χ2n) is 6.33. The van der Waals surface area contributed by atoms with Crippen molar-refractivity contribution in [2.24, 2.45) is 0 Å². The maximum absolute atomic E-state index is 12.0. The van der Waals surface area contributed by atoms with E-state index in [0.717, 1.165) is 18.9 Å². The second-order valence-corrected chi connectivity index (χ2v) is 6.33. The Morgan fingerprint density at radius 3 is 2.56 bits per heavy atom. The minimum absolute atomic E-state index is 0.0391. The first-order valence-corrected chi connectivity index (χ1v) is 8.62. The molecule has 0 unspecified atom stereocenters. The highest BCUT2D eigenvalue weighted by atomic mass is 16.6. The lowest BCUT2D eigenvalue weighted by Gasteiger charge is -2.14. The topological polar surface area (TPSA) is 98.5 Å². The molecule has 7 heteroatoms. The molecule has 2 rings (SSSR count). The van der Waals surface area contributed by atoms with Crippen LogP contribution in [0.4, 0.5) is 5.69 Å². The number of hydrogen-bond acceptors (Lipinski definition) is 5. The third-order valence-corrected chi connectivity index (χ3v) is 4.09. The van der Waals surface area contributed by atoms with Gasteiger partial charge in [0.2, 0.25) is 0 Å². The second kappa shape index (κ2) is 9.47. The molecular weight excluding hydrogens is 348 g/mol. The summed E-state index contributed by atoms with van der Waals surface area (Å²) in [5, 5.41) is 13.7. The number of aryl methyl sites for hydroxylation is 2. The first-order valence-electron chi connectivity index (χ1n) is 8.62. The lowest BCUT2D eigenvalue weighted by molar-refractivity contribution is -0.385. The molecular formula is C20H22N2O5. The molecule has 0 spiro atoms. The van der Waals surface area contributed by atoms with E-state index in [4.69, 9.17) is 4.74 Å². The number of carbonyl (C=O) groups is 2. The summed E-state index contributed by atoms with van der Waals surface area (Å²) in [4.78, 5) is 34.3. The van der Waals surface area contributed by atoms with Gasteiger partial charge in [-0.25, -0.2) is 4.79 Å². The molecule has 2 aromatic carbocycles. The van der Waals surface area contributed by atoms with Crippen LogP contribution in [0.1, 0.15) is 34.8 Å². The van der Waals surface area contributed by atoms with Crippen LogP contribution in [0, 0.1) is 17.0 Å². The van der Waals surface area contributed by atoms with Gasteiger partial charge in [-0.15, -0.1) is 0 Å². The molecule has 0 radical (unpaired) electrons. The normalized spacial score (nSPS) is 11.5. The van der Waals surface area contributed by atoms with Crippen molar-refractivity contribution in [3.8, 4) is 0 Å². The zero-order valence-electron chi connectivity index (χ0n) is 15.3. The van der Waals surface area contributed by atoms with Crippen LogP contribution in [0.2, 0.25) is 0 Å². The summed E-state index contributed by atoms with van der Waals surface area (Å²) in [5.74, 6) is -1.18. The number of nitro benzene ring substituents is 1. The molecule has 0 aliphatic heterocycles. The van der Waals surface area contributed by atoms with Gasteiger partial charge in [-0.1, -0.05) is 36.4 Å². The number of ether oxygens (including phenoxy) is 1. The Hall–Kier alpha value is -3.22. The van der Waals surface area contributed by atoms with Gasteiger partial charge >= 0.3 is 5.97 Å². The first-order chi connectivity index (χ1) is 12.9. The van der Waals surface area contributed by atoms with Crippen LogP contribution in [-0.4, -0.2) is 29.4 Å². The van der Waals surface area contributed by atoms with Gasteiger partial charge in [0, 0.05) is 17.7 Å². The Labute approximate surface area is 157 Å². The smallest absolute Gasteiger partial charge is 0.338 e. The fourth-order valence-electron chi connectivity index (χ4n) is 2.56. The van der Waals surface area contributed by atoms with Crippen molar-refractivity contribution in [1.29, 1.82) is 0 Å². The van der Waals surface area contributed by atoms with Crippen molar-refractivity contribution >= 4 is 17.6 Å². The van der Waals surface area contributed by atoms with Crippen molar-refractivity contribution in [3.05, 3.63) is 75.3 Å². The Morgan fingerprint density at radius 1 is 1.19 bits per heavy atom. The van der Waals surface area contributed by atoms with E-state index in [-0.39, 0.29) is 17.3 Å². The molecule has 0 aliphatic rings. The van der Waals surface area contributed by atoms with Crippen LogP contribution in [0.3, 0.4) is 0 Å². The van der Waals surface area contributed by atoms with E-state index in [9.17, 15) is 19.7 Å². The van der Waals surface area contributed by atoms with Crippen molar-refractivity contribution < 1.29 is 19.2 Å². The van der Waals surface area contributed by atoms with E-state index < -0.39 is 23.4 Å².